The number of fused-ring (bicyclic) bond motifs is 1. The number of rotatable bonds is 1. The van der Waals surface area contributed by atoms with E-state index in [9.17, 15) is 15.0 Å². The van der Waals surface area contributed by atoms with E-state index < -0.39 is 18.2 Å². The average Bonchev–Trinajstić information content (AvgIpc) is 2.84. The van der Waals surface area contributed by atoms with Crippen LogP contribution in [0.5, 0.6) is 0 Å². The predicted octanol–water partition coefficient (Wildman–Crippen LogP) is 3.22. The van der Waals surface area contributed by atoms with Crippen LogP contribution in [-0.2, 0) is 9.53 Å². The minimum atomic E-state index is -0.823. The van der Waals surface area contributed by atoms with E-state index in [1.165, 1.54) is 5.57 Å². The highest BCUT2D eigenvalue weighted by Gasteiger charge is 2.42. The Labute approximate surface area is 144 Å². The van der Waals surface area contributed by atoms with Crippen LogP contribution in [0.4, 0.5) is 0 Å². The summed E-state index contributed by atoms with van der Waals surface area (Å²) >= 11 is 0. The van der Waals surface area contributed by atoms with Crippen LogP contribution >= 0.6 is 0 Å². The number of carbonyl (C=O) groups excluding carboxylic acids is 1. The van der Waals surface area contributed by atoms with Crippen molar-refractivity contribution in [2.45, 2.75) is 58.2 Å². The Morgan fingerprint density at radius 1 is 1.21 bits per heavy atom. The van der Waals surface area contributed by atoms with E-state index in [4.69, 9.17) is 4.74 Å². The fraction of sp³-hybridized carbons (Fsp3) is 0.550. The van der Waals surface area contributed by atoms with Gasteiger partial charge >= 0.3 is 5.97 Å². The zero-order valence-electron chi connectivity index (χ0n) is 14.6. The van der Waals surface area contributed by atoms with Crippen LogP contribution in [0.3, 0.4) is 0 Å². The van der Waals surface area contributed by atoms with E-state index in [0.717, 1.165) is 36.8 Å². The van der Waals surface area contributed by atoms with Gasteiger partial charge in [-0.05, 0) is 57.1 Å². The Balaban J connectivity index is 2.30. The molecule has 0 aromatic rings. The van der Waals surface area contributed by atoms with Crippen molar-refractivity contribution in [3.8, 4) is 0 Å². The van der Waals surface area contributed by atoms with Gasteiger partial charge in [0.25, 0.3) is 0 Å². The molecule has 2 aliphatic rings. The lowest BCUT2D eigenvalue weighted by molar-refractivity contribution is -0.142. The summed E-state index contributed by atoms with van der Waals surface area (Å²) in [5, 5.41) is 20.2. The molecule has 3 atom stereocenters. The quantitative estimate of drug-likeness (QED) is 0.439. The number of hydrogen-bond acceptors (Lipinski definition) is 4. The highest BCUT2D eigenvalue weighted by atomic mass is 16.6. The first kappa shape index (κ1) is 18.7. The zero-order valence-corrected chi connectivity index (χ0v) is 14.6. The van der Waals surface area contributed by atoms with E-state index in [0.29, 0.717) is 12.0 Å². The minimum absolute atomic E-state index is 0.00698. The molecule has 2 N–H and O–H groups in total. The maximum Gasteiger partial charge on any atom is 0.334 e. The lowest BCUT2D eigenvalue weighted by Crippen LogP contribution is -2.32. The van der Waals surface area contributed by atoms with Gasteiger partial charge < -0.3 is 14.9 Å². The van der Waals surface area contributed by atoms with E-state index in [2.05, 4.69) is 19.6 Å². The first-order valence-electron chi connectivity index (χ1n) is 8.63. The summed E-state index contributed by atoms with van der Waals surface area (Å²) in [5.41, 5.74) is 3.48. The lowest BCUT2D eigenvalue weighted by Gasteiger charge is -2.23. The molecule has 132 valence electrons. The van der Waals surface area contributed by atoms with Crippen LogP contribution < -0.4 is 0 Å². The molecule has 2 rings (SSSR count). The van der Waals surface area contributed by atoms with Crippen molar-refractivity contribution in [2.24, 2.45) is 5.92 Å². The minimum Gasteiger partial charge on any atom is -0.455 e. The van der Waals surface area contributed by atoms with Crippen LogP contribution in [-0.4, -0.2) is 35.0 Å². The fourth-order valence-corrected chi connectivity index (χ4v) is 3.24. The molecular weight excluding hydrogens is 304 g/mol. The summed E-state index contributed by atoms with van der Waals surface area (Å²) in [6, 6.07) is 0. The summed E-state index contributed by atoms with van der Waals surface area (Å²) in [5.74, 6) is -0.685. The third-order valence-electron chi connectivity index (χ3n) is 4.95. The molecule has 0 bridgehead atoms. The molecule has 0 saturated carbocycles. The van der Waals surface area contributed by atoms with Crippen LogP contribution in [0, 0.1) is 5.92 Å². The van der Waals surface area contributed by atoms with Crippen LogP contribution in [0.25, 0.3) is 0 Å². The monoisotopic (exact) mass is 332 g/mol. The molecule has 24 heavy (non-hydrogen) atoms. The van der Waals surface area contributed by atoms with Crippen LogP contribution in [0.2, 0.25) is 0 Å². The first-order chi connectivity index (χ1) is 11.4. The number of aliphatic hydroxyl groups excluding tert-OH is 2. The topological polar surface area (TPSA) is 66.8 Å². The van der Waals surface area contributed by atoms with E-state index in [-0.39, 0.29) is 12.5 Å². The SMILES string of the molecule is C=C1C(=O)O[C@H]2[C@H](O)C(C)=CCCC(C)=CCCC(CO)=CC[C@H]12. The third-order valence-corrected chi connectivity index (χ3v) is 4.95. The molecule has 0 aromatic heterocycles. The molecule has 0 amide bonds. The standard InChI is InChI=1S/C20H28O4/c1-13-6-4-8-14(2)18(22)19-17(15(3)20(23)24-19)11-10-16(12-21)9-5-7-13/h7-8,10,17-19,21-22H,3-6,9,11-12H2,1-2H3/t17-,18-,19-/m1/s1. The summed E-state index contributed by atoms with van der Waals surface area (Å²) in [6.45, 7) is 7.82. The molecule has 4 nitrogen and oxygen atoms in total. The molecule has 0 spiro atoms. The molecule has 1 heterocycles. The number of carbonyl (C=O) groups is 1. The van der Waals surface area contributed by atoms with Crippen molar-refractivity contribution in [3.05, 3.63) is 47.1 Å². The third kappa shape index (κ3) is 4.46. The van der Waals surface area contributed by atoms with Crippen LogP contribution in [0.15, 0.2) is 47.1 Å². The van der Waals surface area contributed by atoms with Gasteiger partial charge in [-0.15, -0.1) is 0 Å². The van der Waals surface area contributed by atoms with E-state index >= 15 is 0 Å². The summed E-state index contributed by atoms with van der Waals surface area (Å²) < 4.78 is 5.38. The van der Waals surface area contributed by atoms with Gasteiger partial charge in [0.05, 0.1) is 6.61 Å². The summed E-state index contributed by atoms with van der Waals surface area (Å²) in [4.78, 5) is 11.9. The number of ether oxygens (including phenoxy) is 1. The second-order valence-electron chi connectivity index (χ2n) is 6.78. The van der Waals surface area contributed by atoms with Gasteiger partial charge in [0.15, 0.2) is 0 Å². The normalized spacial score (nSPS) is 29.8. The molecular formula is C20H28O4. The Bertz CT molecular complexity index is 582. The van der Waals surface area contributed by atoms with Crippen molar-refractivity contribution >= 4 is 5.97 Å². The maximum absolute atomic E-state index is 11.9. The van der Waals surface area contributed by atoms with Gasteiger partial charge in [0, 0.05) is 11.5 Å². The van der Waals surface area contributed by atoms with Crippen molar-refractivity contribution in [2.75, 3.05) is 6.61 Å². The van der Waals surface area contributed by atoms with E-state index in [1.54, 1.807) is 0 Å². The molecule has 1 aliphatic carbocycles. The Kier molecular flexibility index (Phi) is 6.58. The molecule has 0 radical (unpaired) electrons. The molecule has 1 fully saturated rings. The smallest absolute Gasteiger partial charge is 0.334 e. The molecule has 1 aliphatic heterocycles. The average molecular weight is 332 g/mol. The Morgan fingerprint density at radius 3 is 2.62 bits per heavy atom. The Morgan fingerprint density at radius 2 is 1.92 bits per heavy atom. The second kappa shape index (κ2) is 8.45. The number of aliphatic hydroxyl groups is 2. The van der Waals surface area contributed by atoms with E-state index in [1.807, 2.05) is 19.1 Å². The van der Waals surface area contributed by atoms with Crippen molar-refractivity contribution < 1.29 is 19.7 Å². The van der Waals surface area contributed by atoms with Gasteiger partial charge in [-0.25, -0.2) is 4.79 Å². The Hall–Kier alpha value is -1.65. The van der Waals surface area contributed by atoms with Gasteiger partial charge in [-0.2, -0.15) is 0 Å². The highest BCUT2D eigenvalue weighted by Crippen LogP contribution is 2.34. The van der Waals surface area contributed by atoms with Crippen molar-refractivity contribution in [1.29, 1.82) is 0 Å². The number of allylic oxidation sites excluding steroid dienone is 4. The lowest BCUT2D eigenvalue weighted by atomic mass is 9.87. The number of hydrogen-bond donors (Lipinski definition) is 2. The molecule has 0 unspecified atom stereocenters. The van der Waals surface area contributed by atoms with Crippen LogP contribution in [0.1, 0.15) is 46.0 Å². The molecule has 4 heteroatoms. The maximum atomic E-state index is 11.9. The van der Waals surface area contributed by atoms with Gasteiger partial charge in [-0.1, -0.05) is 30.4 Å². The zero-order chi connectivity index (χ0) is 17.7. The van der Waals surface area contributed by atoms with Gasteiger partial charge in [0.1, 0.15) is 12.2 Å². The largest absolute Gasteiger partial charge is 0.455 e. The second-order valence-corrected chi connectivity index (χ2v) is 6.78. The van der Waals surface area contributed by atoms with Gasteiger partial charge in [-0.3, -0.25) is 0 Å². The summed E-state index contributed by atoms with van der Waals surface area (Å²) in [6.07, 6.45) is 8.78. The fourth-order valence-electron chi connectivity index (χ4n) is 3.24. The summed E-state index contributed by atoms with van der Waals surface area (Å²) in [7, 11) is 0. The molecule has 1 saturated heterocycles. The molecule has 0 aromatic carbocycles. The predicted molar refractivity (Wildman–Crippen MR) is 94.3 cm³/mol. The highest BCUT2D eigenvalue weighted by molar-refractivity contribution is 5.91. The van der Waals surface area contributed by atoms with Gasteiger partial charge in [0.2, 0.25) is 0 Å². The number of esters is 1. The van der Waals surface area contributed by atoms with Crippen molar-refractivity contribution in [1.82, 2.24) is 0 Å². The first-order valence-corrected chi connectivity index (χ1v) is 8.63. The van der Waals surface area contributed by atoms with Crippen molar-refractivity contribution in [3.63, 3.8) is 0 Å².